The van der Waals surface area contributed by atoms with Gasteiger partial charge in [-0.15, -0.1) is 15.3 Å². The van der Waals surface area contributed by atoms with Gasteiger partial charge in [0.05, 0.1) is 5.60 Å². The molecule has 0 aromatic carbocycles. The van der Waals surface area contributed by atoms with Gasteiger partial charge in [0.15, 0.2) is 5.65 Å². The third-order valence-corrected chi connectivity index (χ3v) is 3.53. The maximum Gasteiger partial charge on any atom is 0.177 e. The van der Waals surface area contributed by atoms with Gasteiger partial charge in [-0.2, -0.15) is 4.52 Å². The maximum absolute atomic E-state index is 5.73. The number of fused-ring (bicyclic) bond motifs is 1. The van der Waals surface area contributed by atoms with E-state index in [1.807, 2.05) is 12.1 Å². The molecule has 0 bridgehead atoms. The number of anilines is 1. The number of aromatic nitrogens is 4. The van der Waals surface area contributed by atoms with Crippen molar-refractivity contribution in [3.63, 3.8) is 0 Å². The molecule has 1 N–H and O–H groups in total. The Kier molecular flexibility index (Phi) is 3.10. The van der Waals surface area contributed by atoms with Gasteiger partial charge in [-0.3, -0.25) is 0 Å². The Morgan fingerprint density at radius 1 is 1.47 bits per heavy atom. The van der Waals surface area contributed by atoms with Crippen LogP contribution in [0.5, 0.6) is 0 Å². The van der Waals surface area contributed by atoms with Crippen molar-refractivity contribution < 1.29 is 4.74 Å². The zero-order valence-corrected chi connectivity index (χ0v) is 11.3. The van der Waals surface area contributed by atoms with Crippen LogP contribution in [-0.2, 0) is 4.74 Å². The second-order valence-corrected chi connectivity index (χ2v) is 5.70. The van der Waals surface area contributed by atoms with E-state index < -0.39 is 0 Å². The van der Waals surface area contributed by atoms with E-state index in [9.17, 15) is 0 Å². The summed E-state index contributed by atoms with van der Waals surface area (Å²) < 4.78 is 7.41. The van der Waals surface area contributed by atoms with Crippen molar-refractivity contribution in [3.8, 4) is 0 Å². The molecule has 102 valence electrons. The summed E-state index contributed by atoms with van der Waals surface area (Å²) in [5.74, 6) is 1.48. The molecular formula is C13H19N5O. The summed E-state index contributed by atoms with van der Waals surface area (Å²) >= 11 is 0. The van der Waals surface area contributed by atoms with Gasteiger partial charge in [-0.05, 0) is 44.7 Å². The smallest absolute Gasteiger partial charge is 0.177 e. The molecule has 1 saturated heterocycles. The van der Waals surface area contributed by atoms with Gasteiger partial charge >= 0.3 is 0 Å². The van der Waals surface area contributed by atoms with Crippen molar-refractivity contribution in [2.24, 2.45) is 5.92 Å². The third-order valence-electron chi connectivity index (χ3n) is 3.53. The molecule has 2 aromatic heterocycles. The van der Waals surface area contributed by atoms with Gasteiger partial charge < -0.3 is 10.1 Å². The zero-order chi connectivity index (χ0) is 13.3. The van der Waals surface area contributed by atoms with Gasteiger partial charge in [0.2, 0.25) is 0 Å². The first kappa shape index (κ1) is 12.3. The molecule has 3 heterocycles. The van der Waals surface area contributed by atoms with E-state index in [2.05, 4.69) is 34.5 Å². The molecule has 1 aliphatic rings. The van der Waals surface area contributed by atoms with Crippen molar-refractivity contribution in [2.45, 2.75) is 32.3 Å². The minimum Gasteiger partial charge on any atom is -0.376 e. The van der Waals surface area contributed by atoms with Crippen LogP contribution in [0.3, 0.4) is 0 Å². The zero-order valence-electron chi connectivity index (χ0n) is 11.3. The number of nitrogens with one attached hydrogen (secondary N) is 1. The molecule has 0 spiro atoms. The van der Waals surface area contributed by atoms with E-state index in [0.717, 1.165) is 37.5 Å². The molecule has 0 saturated carbocycles. The summed E-state index contributed by atoms with van der Waals surface area (Å²) in [6.45, 7) is 6.08. The second-order valence-electron chi connectivity index (χ2n) is 5.70. The van der Waals surface area contributed by atoms with Crippen LogP contribution < -0.4 is 5.32 Å². The molecule has 0 amide bonds. The topological polar surface area (TPSA) is 64.3 Å². The van der Waals surface area contributed by atoms with E-state index in [4.69, 9.17) is 4.74 Å². The fourth-order valence-corrected chi connectivity index (χ4v) is 2.60. The fraction of sp³-hybridized carbons (Fsp3) is 0.615. The quantitative estimate of drug-likeness (QED) is 0.911. The van der Waals surface area contributed by atoms with E-state index in [1.54, 1.807) is 10.8 Å². The molecule has 6 heteroatoms. The second kappa shape index (κ2) is 4.77. The van der Waals surface area contributed by atoms with E-state index in [-0.39, 0.29) is 5.60 Å². The largest absolute Gasteiger partial charge is 0.376 e. The molecule has 1 unspecified atom stereocenters. The highest BCUT2D eigenvalue weighted by atomic mass is 16.5. The number of hydrogen-bond acceptors (Lipinski definition) is 5. The van der Waals surface area contributed by atoms with Crippen molar-refractivity contribution in [1.29, 1.82) is 0 Å². The molecule has 3 rings (SSSR count). The number of hydrogen-bond donors (Lipinski definition) is 1. The predicted octanol–water partition coefficient (Wildman–Crippen LogP) is 1.74. The number of ether oxygens (including phenoxy) is 1. The first-order valence-corrected chi connectivity index (χ1v) is 6.67. The van der Waals surface area contributed by atoms with Gasteiger partial charge in [0, 0.05) is 13.2 Å². The SMILES string of the molecule is CC1(C)CC(CNc2ccc3nncn3n2)CCO1. The standard InChI is InChI=1S/C13H19N5O/c1-13(2)7-10(5-6-19-13)8-14-11-3-4-12-16-15-9-18(12)17-11/h3-4,9-10H,5-8H2,1-2H3,(H,14,17). The van der Waals surface area contributed by atoms with E-state index in [0.29, 0.717) is 5.92 Å². The molecule has 1 aliphatic heterocycles. The third kappa shape index (κ3) is 2.84. The average molecular weight is 261 g/mol. The van der Waals surface area contributed by atoms with Crippen LogP contribution in [-0.4, -0.2) is 38.6 Å². The Bertz CT molecular complexity index is 565. The minimum atomic E-state index is -0.00372. The van der Waals surface area contributed by atoms with Crippen molar-refractivity contribution in [3.05, 3.63) is 18.5 Å². The van der Waals surface area contributed by atoms with Gasteiger partial charge in [-0.25, -0.2) is 0 Å². The molecule has 1 atom stereocenters. The Hall–Kier alpha value is -1.69. The monoisotopic (exact) mass is 261 g/mol. The Morgan fingerprint density at radius 2 is 2.37 bits per heavy atom. The van der Waals surface area contributed by atoms with Crippen LogP contribution in [0.1, 0.15) is 26.7 Å². The van der Waals surface area contributed by atoms with Crippen LogP contribution in [0.15, 0.2) is 18.5 Å². The molecule has 2 aromatic rings. The van der Waals surface area contributed by atoms with E-state index in [1.165, 1.54) is 0 Å². The lowest BCUT2D eigenvalue weighted by Gasteiger charge is -2.35. The predicted molar refractivity (Wildman–Crippen MR) is 72.0 cm³/mol. The molecule has 19 heavy (non-hydrogen) atoms. The van der Waals surface area contributed by atoms with Crippen LogP contribution >= 0.6 is 0 Å². The van der Waals surface area contributed by atoms with Gasteiger partial charge in [0.1, 0.15) is 12.1 Å². The lowest BCUT2D eigenvalue weighted by molar-refractivity contribution is -0.0699. The summed E-state index contributed by atoms with van der Waals surface area (Å²) in [7, 11) is 0. The highest BCUT2D eigenvalue weighted by Crippen LogP contribution is 2.28. The Morgan fingerprint density at radius 3 is 3.21 bits per heavy atom. The van der Waals surface area contributed by atoms with E-state index >= 15 is 0 Å². The Balaban J connectivity index is 1.62. The first-order valence-electron chi connectivity index (χ1n) is 6.67. The average Bonchev–Trinajstić information content (AvgIpc) is 2.82. The summed E-state index contributed by atoms with van der Waals surface area (Å²) in [4.78, 5) is 0. The van der Waals surface area contributed by atoms with Gasteiger partial charge in [0.25, 0.3) is 0 Å². The van der Waals surface area contributed by atoms with Crippen molar-refractivity contribution >= 4 is 11.5 Å². The highest BCUT2D eigenvalue weighted by molar-refractivity contribution is 5.42. The minimum absolute atomic E-state index is 0.00372. The highest BCUT2D eigenvalue weighted by Gasteiger charge is 2.28. The molecule has 0 radical (unpaired) electrons. The number of rotatable bonds is 3. The Labute approximate surface area is 112 Å². The van der Waals surface area contributed by atoms with Crippen molar-refractivity contribution in [1.82, 2.24) is 19.8 Å². The summed E-state index contributed by atoms with van der Waals surface area (Å²) in [5, 5.41) is 15.5. The molecule has 0 aliphatic carbocycles. The van der Waals surface area contributed by atoms with Crippen molar-refractivity contribution in [2.75, 3.05) is 18.5 Å². The summed E-state index contributed by atoms with van der Waals surface area (Å²) in [6, 6.07) is 3.85. The normalized spacial score (nSPS) is 22.5. The van der Waals surface area contributed by atoms with Crippen LogP contribution in [0.25, 0.3) is 5.65 Å². The molecular weight excluding hydrogens is 242 g/mol. The first-order chi connectivity index (χ1) is 9.12. The molecule has 6 nitrogen and oxygen atoms in total. The fourth-order valence-electron chi connectivity index (χ4n) is 2.60. The van der Waals surface area contributed by atoms with Crippen LogP contribution in [0.4, 0.5) is 5.82 Å². The lowest BCUT2D eigenvalue weighted by atomic mass is 9.88. The van der Waals surface area contributed by atoms with Gasteiger partial charge in [-0.1, -0.05) is 0 Å². The molecule has 1 fully saturated rings. The maximum atomic E-state index is 5.73. The van der Waals surface area contributed by atoms with Crippen LogP contribution in [0, 0.1) is 5.92 Å². The van der Waals surface area contributed by atoms with Crippen LogP contribution in [0.2, 0.25) is 0 Å². The lowest BCUT2D eigenvalue weighted by Crippen LogP contribution is -2.36. The summed E-state index contributed by atoms with van der Waals surface area (Å²) in [6.07, 6.45) is 3.79. The summed E-state index contributed by atoms with van der Waals surface area (Å²) in [5.41, 5.74) is 0.758. The number of nitrogens with zero attached hydrogens (tertiary/aromatic N) is 4.